The van der Waals surface area contributed by atoms with E-state index in [9.17, 15) is 9.59 Å². The van der Waals surface area contributed by atoms with Crippen molar-refractivity contribution in [3.63, 3.8) is 0 Å². The van der Waals surface area contributed by atoms with Gasteiger partial charge in [-0.3, -0.25) is 9.59 Å². The van der Waals surface area contributed by atoms with Gasteiger partial charge in [-0.15, -0.1) is 0 Å². The fourth-order valence-corrected chi connectivity index (χ4v) is 2.15. The number of anilines is 1. The number of nitrogens with zero attached hydrogens (tertiary/aromatic N) is 1. The molecule has 0 aliphatic heterocycles. The number of nitrogens with one attached hydrogen (secondary N) is 1. The normalized spacial score (nSPS) is 10.3. The van der Waals surface area contributed by atoms with E-state index in [4.69, 9.17) is 0 Å². The third-order valence-electron chi connectivity index (χ3n) is 3.60. The van der Waals surface area contributed by atoms with Crippen molar-refractivity contribution in [1.29, 1.82) is 0 Å². The minimum absolute atomic E-state index is 0.0635. The molecular weight excluding hydrogens is 276 g/mol. The van der Waals surface area contributed by atoms with E-state index < -0.39 is 0 Å². The maximum atomic E-state index is 11.8. The lowest BCUT2D eigenvalue weighted by Gasteiger charge is -2.10. The summed E-state index contributed by atoms with van der Waals surface area (Å²) < 4.78 is 0. The first-order valence-corrected chi connectivity index (χ1v) is 8.12. The maximum Gasteiger partial charge on any atom is 0.226 e. The van der Waals surface area contributed by atoms with Crippen molar-refractivity contribution in [2.45, 2.75) is 51.9 Å². The van der Waals surface area contributed by atoms with Gasteiger partial charge in [0.05, 0.1) is 6.42 Å². The lowest BCUT2D eigenvalue weighted by Crippen LogP contribution is -2.23. The minimum atomic E-state index is 0.0635. The monoisotopic (exact) mass is 304 g/mol. The molecule has 122 valence electrons. The third-order valence-corrected chi connectivity index (χ3v) is 3.60. The van der Waals surface area contributed by atoms with Gasteiger partial charge in [0.15, 0.2) is 0 Å². The molecule has 0 aliphatic rings. The van der Waals surface area contributed by atoms with Gasteiger partial charge in [0.2, 0.25) is 11.8 Å². The number of hydrogen-bond acceptors (Lipinski definition) is 2. The first-order chi connectivity index (χ1) is 10.5. The smallest absolute Gasteiger partial charge is 0.226 e. The maximum absolute atomic E-state index is 11.8. The van der Waals surface area contributed by atoms with Crippen LogP contribution in [0.1, 0.15) is 51.0 Å². The second-order valence-electron chi connectivity index (χ2n) is 5.87. The topological polar surface area (TPSA) is 49.4 Å². The second-order valence-corrected chi connectivity index (χ2v) is 5.87. The molecule has 1 aromatic carbocycles. The zero-order valence-electron chi connectivity index (χ0n) is 14.0. The number of rotatable bonds is 9. The molecular formula is C18H28N2O2. The average molecular weight is 304 g/mol. The molecule has 0 unspecified atom stereocenters. The molecule has 0 fully saturated rings. The Morgan fingerprint density at radius 3 is 2.23 bits per heavy atom. The molecule has 0 saturated carbocycles. The lowest BCUT2D eigenvalue weighted by molar-refractivity contribution is -0.128. The van der Waals surface area contributed by atoms with E-state index in [1.807, 2.05) is 24.3 Å². The standard InChI is InChI=1S/C18H28N2O2/c1-4-5-6-7-8-9-17(21)19-16-12-10-15(11-13-16)14-18(22)20(2)3/h10-13H,4-9,14H2,1-3H3,(H,19,21). The Morgan fingerprint density at radius 1 is 1.00 bits per heavy atom. The predicted molar refractivity (Wildman–Crippen MR) is 90.8 cm³/mol. The Labute approximate surface area is 133 Å². The largest absolute Gasteiger partial charge is 0.349 e. The number of amides is 2. The van der Waals surface area contributed by atoms with Crippen LogP contribution >= 0.6 is 0 Å². The summed E-state index contributed by atoms with van der Waals surface area (Å²) in [4.78, 5) is 25.0. The Hall–Kier alpha value is -1.84. The van der Waals surface area contributed by atoms with Gasteiger partial charge < -0.3 is 10.2 Å². The number of likely N-dealkylation sites (N-methyl/N-ethyl adjacent to an activating group) is 1. The van der Waals surface area contributed by atoms with Gasteiger partial charge in [-0.25, -0.2) is 0 Å². The molecule has 0 heterocycles. The molecule has 0 aliphatic carbocycles. The molecule has 22 heavy (non-hydrogen) atoms. The Kier molecular flexibility index (Phi) is 8.26. The average Bonchev–Trinajstić information content (AvgIpc) is 2.49. The molecule has 0 saturated heterocycles. The van der Waals surface area contributed by atoms with Crippen molar-refractivity contribution in [2.75, 3.05) is 19.4 Å². The van der Waals surface area contributed by atoms with Crippen LogP contribution in [0.3, 0.4) is 0 Å². The summed E-state index contributed by atoms with van der Waals surface area (Å²) in [6.07, 6.45) is 6.69. The highest BCUT2D eigenvalue weighted by molar-refractivity contribution is 5.90. The van der Waals surface area contributed by atoms with Gasteiger partial charge in [0.25, 0.3) is 0 Å². The Bertz CT molecular complexity index is 466. The van der Waals surface area contributed by atoms with Crippen LogP contribution in [-0.2, 0) is 16.0 Å². The lowest BCUT2D eigenvalue weighted by atomic mass is 10.1. The van der Waals surface area contributed by atoms with E-state index in [0.29, 0.717) is 12.8 Å². The first-order valence-electron chi connectivity index (χ1n) is 8.12. The van der Waals surface area contributed by atoms with Crippen molar-refractivity contribution in [2.24, 2.45) is 0 Å². The highest BCUT2D eigenvalue weighted by Crippen LogP contribution is 2.12. The minimum Gasteiger partial charge on any atom is -0.349 e. The number of carbonyl (C=O) groups is 2. The van der Waals surface area contributed by atoms with Crippen molar-refractivity contribution in [3.8, 4) is 0 Å². The van der Waals surface area contributed by atoms with E-state index in [1.165, 1.54) is 19.3 Å². The van der Waals surface area contributed by atoms with E-state index in [0.717, 1.165) is 24.1 Å². The quantitative estimate of drug-likeness (QED) is 0.708. The van der Waals surface area contributed by atoms with Gasteiger partial charge in [0, 0.05) is 26.2 Å². The fourth-order valence-electron chi connectivity index (χ4n) is 2.15. The predicted octanol–water partition coefficient (Wildman–Crippen LogP) is 3.62. The summed E-state index contributed by atoms with van der Waals surface area (Å²) in [5.74, 6) is 0.137. The molecule has 1 N–H and O–H groups in total. The van der Waals surface area contributed by atoms with Crippen LogP contribution in [0.2, 0.25) is 0 Å². The van der Waals surface area contributed by atoms with Crippen LogP contribution in [0.15, 0.2) is 24.3 Å². The van der Waals surface area contributed by atoms with Crippen LogP contribution in [0.5, 0.6) is 0 Å². The molecule has 4 heteroatoms. The molecule has 0 radical (unpaired) electrons. The summed E-state index contributed by atoms with van der Waals surface area (Å²) in [6, 6.07) is 7.48. The first kappa shape index (κ1) is 18.2. The van der Waals surface area contributed by atoms with E-state index >= 15 is 0 Å². The van der Waals surface area contributed by atoms with Crippen molar-refractivity contribution in [3.05, 3.63) is 29.8 Å². The van der Waals surface area contributed by atoms with Crippen molar-refractivity contribution in [1.82, 2.24) is 4.90 Å². The van der Waals surface area contributed by atoms with Crippen LogP contribution in [-0.4, -0.2) is 30.8 Å². The summed E-state index contributed by atoms with van der Waals surface area (Å²) in [6.45, 7) is 2.18. The van der Waals surface area contributed by atoms with Crippen LogP contribution in [0.4, 0.5) is 5.69 Å². The fraction of sp³-hybridized carbons (Fsp3) is 0.556. The van der Waals surface area contributed by atoms with Crippen LogP contribution in [0.25, 0.3) is 0 Å². The summed E-state index contributed by atoms with van der Waals surface area (Å²) >= 11 is 0. The second kappa shape index (κ2) is 9.98. The molecule has 0 aromatic heterocycles. The third kappa shape index (κ3) is 7.25. The molecule has 2 amide bonds. The van der Waals surface area contributed by atoms with Crippen LogP contribution in [0, 0.1) is 0 Å². The van der Waals surface area contributed by atoms with Crippen LogP contribution < -0.4 is 5.32 Å². The zero-order chi connectivity index (χ0) is 16.4. The zero-order valence-corrected chi connectivity index (χ0v) is 14.0. The van der Waals surface area contributed by atoms with Gasteiger partial charge in [-0.2, -0.15) is 0 Å². The Balaban J connectivity index is 2.34. The molecule has 0 atom stereocenters. The molecule has 1 aromatic rings. The van der Waals surface area contributed by atoms with E-state index in [-0.39, 0.29) is 11.8 Å². The number of hydrogen-bond donors (Lipinski definition) is 1. The number of benzene rings is 1. The van der Waals surface area contributed by atoms with Gasteiger partial charge in [-0.05, 0) is 24.1 Å². The van der Waals surface area contributed by atoms with Crippen molar-refractivity contribution >= 4 is 17.5 Å². The van der Waals surface area contributed by atoms with Gasteiger partial charge in [0.1, 0.15) is 0 Å². The van der Waals surface area contributed by atoms with Gasteiger partial charge in [-0.1, -0.05) is 44.7 Å². The number of unbranched alkanes of at least 4 members (excludes halogenated alkanes) is 4. The molecule has 1 rings (SSSR count). The van der Waals surface area contributed by atoms with E-state index in [2.05, 4.69) is 12.2 Å². The Morgan fingerprint density at radius 2 is 1.64 bits per heavy atom. The summed E-state index contributed by atoms with van der Waals surface area (Å²) in [5, 5.41) is 2.90. The highest BCUT2D eigenvalue weighted by atomic mass is 16.2. The SMILES string of the molecule is CCCCCCCC(=O)Nc1ccc(CC(=O)N(C)C)cc1. The summed E-state index contributed by atoms with van der Waals surface area (Å²) in [5.41, 5.74) is 1.75. The van der Waals surface area contributed by atoms with Crippen molar-refractivity contribution < 1.29 is 9.59 Å². The van der Waals surface area contributed by atoms with Gasteiger partial charge >= 0.3 is 0 Å². The molecule has 0 bridgehead atoms. The highest BCUT2D eigenvalue weighted by Gasteiger charge is 2.06. The number of carbonyl (C=O) groups excluding carboxylic acids is 2. The van der Waals surface area contributed by atoms with E-state index in [1.54, 1.807) is 19.0 Å². The molecule has 0 spiro atoms. The summed E-state index contributed by atoms with van der Waals surface area (Å²) in [7, 11) is 3.49. The molecule has 4 nitrogen and oxygen atoms in total.